The zero-order valence-electron chi connectivity index (χ0n) is 15.9. The molecule has 2 N–H and O–H groups in total. The van der Waals surface area contributed by atoms with Gasteiger partial charge < -0.3 is 19.7 Å². The maximum absolute atomic E-state index is 12.5. The van der Waals surface area contributed by atoms with Crippen LogP contribution in [0.25, 0.3) is 0 Å². The molecule has 0 fully saturated rings. The molecule has 0 aliphatic carbocycles. The Kier molecular flexibility index (Phi) is 9.51. The first kappa shape index (κ1) is 22.9. The summed E-state index contributed by atoms with van der Waals surface area (Å²) >= 11 is 0. The maximum atomic E-state index is 12.5. The molecule has 0 saturated carbocycles. The number of carbonyl (C=O) groups is 2. The van der Waals surface area contributed by atoms with Crippen LogP contribution in [0, 0.1) is 11.8 Å². The Morgan fingerprint density at radius 2 is 1.08 bits per heavy atom. The van der Waals surface area contributed by atoms with Gasteiger partial charge in [-0.25, -0.2) is 9.59 Å². The van der Waals surface area contributed by atoms with E-state index < -0.39 is 35.0 Å². The molecule has 0 bridgehead atoms. The lowest BCUT2D eigenvalue weighted by Crippen LogP contribution is -2.69. The average molecular weight is 346 g/mol. The predicted octanol–water partition coefficient (Wildman–Crippen LogP) is 2.45. The van der Waals surface area contributed by atoms with E-state index >= 15 is 0 Å². The Labute approximate surface area is 145 Å². The summed E-state index contributed by atoms with van der Waals surface area (Å²) in [6.07, 6.45) is 2.92. The molecular weight excluding hydrogens is 312 g/mol. The number of aliphatic hydroxyl groups is 2. The quantitative estimate of drug-likeness (QED) is 0.441. The van der Waals surface area contributed by atoms with E-state index in [0.717, 1.165) is 12.8 Å². The molecule has 0 aromatic carbocycles. The maximum Gasteiger partial charge on any atom is 0.342 e. The van der Waals surface area contributed by atoms with Crippen LogP contribution in [0.15, 0.2) is 0 Å². The zero-order chi connectivity index (χ0) is 19.0. The lowest BCUT2D eigenvalue weighted by molar-refractivity contribution is -0.232. The molecule has 0 radical (unpaired) electrons. The number of carbonyl (C=O) groups excluding carboxylic acids is 2. The van der Waals surface area contributed by atoms with Crippen molar-refractivity contribution in [3.63, 3.8) is 0 Å². The van der Waals surface area contributed by atoms with Crippen molar-refractivity contribution in [2.45, 2.75) is 78.4 Å². The summed E-state index contributed by atoms with van der Waals surface area (Å²) in [4.78, 5) is 25.1. The summed E-state index contributed by atoms with van der Waals surface area (Å²) in [6.45, 7) is 10.4. The highest BCUT2D eigenvalue weighted by molar-refractivity contribution is 5.93. The second-order valence-electron chi connectivity index (χ2n) is 6.82. The van der Waals surface area contributed by atoms with Crippen LogP contribution in [-0.4, -0.2) is 46.6 Å². The van der Waals surface area contributed by atoms with Crippen molar-refractivity contribution in [1.29, 1.82) is 0 Å². The van der Waals surface area contributed by atoms with Crippen LogP contribution in [0.3, 0.4) is 0 Å². The van der Waals surface area contributed by atoms with Crippen molar-refractivity contribution in [3.8, 4) is 0 Å². The van der Waals surface area contributed by atoms with Crippen LogP contribution in [0.1, 0.15) is 67.2 Å². The molecule has 0 aromatic heterocycles. The molecule has 0 amide bonds. The number of rotatable bonds is 11. The molecule has 0 aromatic rings. The van der Waals surface area contributed by atoms with Gasteiger partial charge >= 0.3 is 11.9 Å². The minimum Gasteiger partial charge on any atom is -0.463 e. The number of ether oxygens (including phenoxy) is 2. The minimum atomic E-state index is -2.38. The van der Waals surface area contributed by atoms with Gasteiger partial charge in [-0.1, -0.05) is 54.4 Å². The standard InChI is InChI=1S/C18H34O6/c1-7-9-11-23-15(19)17(21,13(3)4)18(22,14(5)6)16(20)24-12-10-8-2/h13-14,21-22H,7-12H2,1-6H3. The van der Waals surface area contributed by atoms with Gasteiger partial charge in [0.1, 0.15) is 0 Å². The van der Waals surface area contributed by atoms with E-state index in [4.69, 9.17) is 9.47 Å². The highest BCUT2D eigenvalue weighted by Crippen LogP contribution is 2.38. The Hall–Kier alpha value is -1.14. The van der Waals surface area contributed by atoms with Crippen molar-refractivity contribution in [2.75, 3.05) is 13.2 Å². The Morgan fingerprint density at radius 1 is 0.792 bits per heavy atom. The van der Waals surface area contributed by atoms with Crippen LogP contribution in [0.5, 0.6) is 0 Å². The molecular formula is C18H34O6. The first-order valence-corrected chi connectivity index (χ1v) is 8.89. The van der Waals surface area contributed by atoms with Gasteiger partial charge in [-0.3, -0.25) is 0 Å². The van der Waals surface area contributed by atoms with Crippen molar-refractivity contribution in [3.05, 3.63) is 0 Å². The smallest absolute Gasteiger partial charge is 0.342 e. The molecule has 6 nitrogen and oxygen atoms in total. The fraction of sp³-hybridized carbons (Fsp3) is 0.889. The van der Waals surface area contributed by atoms with E-state index in [2.05, 4.69) is 0 Å². The van der Waals surface area contributed by atoms with Gasteiger partial charge in [-0.2, -0.15) is 0 Å². The van der Waals surface area contributed by atoms with E-state index in [1.54, 1.807) is 27.7 Å². The monoisotopic (exact) mass is 346 g/mol. The summed E-state index contributed by atoms with van der Waals surface area (Å²) < 4.78 is 10.2. The fourth-order valence-electron chi connectivity index (χ4n) is 2.50. The number of unbranched alkanes of at least 4 members (excludes halogenated alkanes) is 2. The number of hydrogen-bond acceptors (Lipinski definition) is 6. The Morgan fingerprint density at radius 3 is 1.29 bits per heavy atom. The molecule has 0 saturated heterocycles. The van der Waals surface area contributed by atoms with Gasteiger partial charge in [-0.05, 0) is 24.7 Å². The van der Waals surface area contributed by atoms with Crippen LogP contribution in [0.4, 0.5) is 0 Å². The average Bonchev–Trinajstić information content (AvgIpc) is 2.52. The fourth-order valence-corrected chi connectivity index (χ4v) is 2.50. The summed E-state index contributed by atoms with van der Waals surface area (Å²) in [5, 5.41) is 22.1. The van der Waals surface area contributed by atoms with Gasteiger partial charge in [0.05, 0.1) is 13.2 Å². The molecule has 0 rings (SSSR count). The second-order valence-corrected chi connectivity index (χ2v) is 6.82. The van der Waals surface area contributed by atoms with Crippen molar-refractivity contribution < 1.29 is 29.3 Å². The minimum absolute atomic E-state index is 0.128. The second kappa shape index (κ2) is 9.99. The Bertz CT molecular complexity index is 368. The summed E-state index contributed by atoms with van der Waals surface area (Å²) in [5.74, 6) is -3.46. The Balaban J connectivity index is 5.63. The number of esters is 2. The third kappa shape index (κ3) is 4.70. The van der Waals surface area contributed by atoms with Gasteiger partial charge in [0.25, 0.3) is 0 Å². The van der Waals surface area contributed by atoms with Gasteiger partial charge in [0, 0.05) is 0 Å². The SMILES string of the molecule is CCCCOC(=O)C(O)(C(C)C)C(O)(C(=O)OCCCC)C(C)C. The predicted molar refractivity (Wildman–Crippen MR) is 91.3 cm³/mol. The van der Waals surface area contributed by atoms with Gasteiger partial charge in [0.15, 0.2) is 0 Å². The van der Waals surface area contributed by atoms with Crippen LogP contribution >= 0.6 is 0 Å². The molecule has 0 heterocycles. The normalized spacial score (nSPS) is 16.6. The van der Waals surface area contributed by atoms with Crippen molar-refractivity contribution >= 4 is 11.9 Å². The molecule has 0 aliphatic rings. The van der Waals surface area contributed by atoms with E-state index in [-0.39, 0.29) is 13.2 Å². The largest absolute Gasteiger partial charge is 0.463 e. The highest BCUT2D eigenvalue weighted by Gasteiger charge is 2.65. The van der Waals surface area contributed by atoms with Crippen LogP contribution in [0.2, 0.25) is 0 Å². The highest BCUT2D eigenvalue weighted by atomic mass is 16.6. The van der Waals surface area contributed by atoms with Gasteiger partial charge in [-0.15, -0.1) is 0 Å². The number of hydrogen-bond donors (Lipinski definition) is 2. The molecule has 0 aliphatic heterocycles. The topological polar surface area (TPSA) is 93.1 Å². The van der Waals surface area contributed by atoms with E-state index in [9.17, 15) is 19.8 Å². The molecule has 6 heteroatoms. The third-order valence-corrected chi connectivity index (χ3v) is 4.34. The van der Waals surface area contributed by atoms with Crippen LogP contribution in [-0.2, 0) is 19.1 Å². The van der Waals surface area contributed by atoms with Gasteiger partial charge in [0.2, 0.25) is 11.2 Å². The van der Waals surface area contributed by atoms with E-state index in [1.165, 1.54) is 0 Å². The van der Waals surface area contributed by atoms with Crippen LogP contribution < -0.4 is 0 Å². The lowest BCUT2D eigenvalue weighted by atomic mass is 9.69. The molecule has 0 spiro atoms. The summed E-state index contributed by atoms with van der Waals surface area (Å²) in [6, 6.07) is 0. The molecule has 142 valence electrons. The first-order valence-electron chi connectivity index (χ1n) is 8.89. The molecule has 2 unspecified atom stereocenters. The molecule has 2 atom stereocenters. The first-order chi connectivity index (χ1) is 11.1. The molecule has 24 heavy (non-hydrogen) atoms. The zero-order valence-corrected chi connectivity index (χ0v) is 15.9. The van der Waals surface area contributed by atoms with E-state index in [0.29, 0.717) is 12.8 Å². The van der Waals surface area contributed by atoms with Crippen molar-refractivity contribution in [2.24, 2.45) is 11.8 Å². The van der Waals surface area contributed by atoms with Crippen molar-refractivity contribution in [1.82, 2.24) is 0 Å². The summed E-state index contributed by atoms with van der Waals surface area (Å²) in [5.41, 5.74) is -4.75. The lowest BCUT2D eigenvalue weighted by Gasteiger charge is -2.44. The van der Waals surface area contributed by atoms with E-state index in [1.807, 2.05) is 13.8 Å². The third-order valence-electron chi connectivity index (χ3n) is 4.34. The summed E-state index contributed by atoms with van der Waals surface area (Å²) in [7, 11) is 0.